The molecule has 0 radical (unpaired) electrons. The smallest absolute Gasteiger partial charge is 0.213 e. The van der Waals surface area contributed by atoms with Crippen molar-refractivity contribution >= 4 is 22.6 Å². The van der Waals surface area contributed by atoms with Crippen molar-refractivity contribution in [3.8, 4) is 5.75 Å². The quantitative estimate of drug-likeness (QED) is 0.636. The molecule has 0 bridgehead atoms. The lowest BCUT2D eigenvalue weighted by molar-refractivity contribution is 0.304. The Balaban J connectivity index is 1.97. The number of benzene rings is 1. The van der Waals surface area contributed by atoms with Crippen molar-refractivity contribution in [1.82, 2.24) is 4.98 Å². The van der Waals surface area contributed by atoms with Crippen LogP contribution in [0.25, 0.3) is 0 Å². The largest absolute Gasteiger partial charge is 0.487 e. The van der Waals surface area contributed by atoms with Crippen molar-refractivity contribution in [2.45, 2.75) is 6.61 Å². The second kappa shape index (κ2) is 5.25. The zero-order valence-corrected chi connectivity index (χ0v) is 10.5. The highest BCUT2D eigenvalue weighted by Crippen LogP contribution is 2.12. The second-order valence-corrected chi connectivity index (χ2v) is 4.48. The van der Waals surface area contributed by atoms with Crippen LogP contribution in [0.2, 0.25) is 0 Å². The first kappa shape index (κ1) is 11.3. The van der Waals surface area contributed by atoms with Gasteiger partial charge in [0.2, 0.25) is 5.95 Å². The van der Waals surface area contributed by atoms with Crippen molar-refractivity contribution in [2.24, 2.45) is 0 Å². The van der Waals surface area contributed by atoms with Crippen LogP contribution in [0.5, 0.6) is 5.75 Å². The first-order valence-corrected chi connectivity index (χ1v) is 5.81. The molecule has 4 heteroatoms. The maximum Gasteiger partial charge on any atom is 0.213 e. The molecule has 1 aromatic heterocycles. The minimum Gasteiger partial charge on any atom is -0.487 e. The Morgan fingerprint density at radius 3 is 2.50 bits per heavy atom. The van der Waals surface area contributed by atoms with E-state index >= 15 is 0 Å². The SMILES string of the molecule is Fc1ccc(OCc2ccc(I)cc2)cn1. The fourth-order valence-electron chi connectivity index (χ4n) is 1.19. The zero-order valence-electron chi connectivity index (χ0n) is 8.36. The summed E-state index contributed by atoms with van der Waals surface area (Å²) >= 11 is 2.25. The Hall–Kier alpha value is -1.17. The number of hydrogen-bond acceptors (Lipinski definition) is 2. The molecule has 2 rings (SSSR count). The van der Waals surface area contributed by atoms with Gasteiger partial charge in [0.05, 0.1) is 6.20 Å². The van der Waals surface area contributed by atoms with Gasteiger partial charge in [0.1, 0.15) is 12.4 Å². The number of pyridine rings is 1. The number of nitrogens with zero attached hydrogens (tertiary/aromatic N) is 1. The minimum atomic E-state index is -0.499. The highest BCUT2D eigenvalue weighted by atomic mass is 127. The fourth-order valence-corrected chi connectivity index (χ4v) is 1.55. The summed E-state index contributed by atoms with van der Waals surface area (Å²) in [5.74, 6) is 0.0709. The predicted molar refractivity (Wildman–Crippen MR) is 67.7 cm³/mol. The molecule has 0 unspecified atom stereocenters. The van der Waals surface area contributed by atoms with Gasteiger partial charge in [-0.25, -0.2) is 4.98 Å². The Kier molecular flexibility index (Phi) is 3.71. The van der Waals surface area contributed by atoms with Crippen molar-refractivity contribution in [1.29, 1.82) is 0 Å². The van der Waals surface area contributed by atoms with E-state index in [1.807, 2.05) is 24.3 Å². The standard InChI is InChI=1S/C12H9FINO/c13-12-6-5-11(7-15-12)16-8-9-1-3-10(14)4-2-9/h1-7H,8H2. The van der Waals surface area contributed by atoms with Gasteiger partial charge < -0.3 is 4.74 Å². The minimum absolute atomic E-state index is 0.463. The number of rotatable bonds is 3. The van der Waals surface area contributed by atoms with Crippen LogP contribution in [-0.2, 0) is 6.61 Å². The maximum absolute atomic E-state index is 12.5. The van der Waals surface area contributed by atoms with Crippen LogP contribution in [0.4, 0.5) is 4.39 Å². The number of aromatic nitrogens is 1. The number of hydrogen-bond donors (Lipinski definition) is 0. The van der Waals surface area contributed by atoms with E-state index in [1.54, 1.807) is 6.07 Å². The fraction of sp³-hybridized carbons (Fsp3) is 0.0833. The first-order valence-electron chi connectivity index (χ1n) is 4.73. The van der Waals surface area contributed by atoms with Crippen LogP contribution in [0.1, 0.15) is 5.56 Å². The van der Waals surface area contributed by atoms with E-state index in [4.69, 9.17) is 4.74 Å². The summed E-state index contributed by atoms with van der Waals surface area (Å²) in [6.45, 7) is 0.463. The molecular formula is C12H9FINO. The van der Waals surface area contributed by atoms with Gasteiger partial charge in [0.25, 0.3) is 0 Å². The molecule has 2 nitrogen and oxygen atoms in total. The van der Waals surface area contributed by atoms with Gasteiger partial charge in [0, 0.05) is 3.57 Å². The summed E-state index contributed by atoms with van der Waals surface area (Å²) in [6, 6.07) is 10.9. The summed E-state index contributed by atoms with van der Waals surface area (Å²) < 4.78 is 19.2. The normalized spacial score (nSPS) is 10.1. The van der Waals surface area contributed by atoms with Gasteiger partial charge in [0.15, 0.2) is 0 Å². The highest BCUT2D eigenvalue weighted by Gasteiger charge is 1.97. The van der Waals surface area contributed by atoms with Gasteiger partial charge in [-0.05, 0) is 52.4 Å². The molecule has 0 spiro atoms. The summed E-state index contributed by atoms with van der Waals surface area (Å²) in [5.41, 5.74) is 1.07. The third kappa shape index (κ3) is 3.16. The highest BCUT2D eigenvalue weighted by molar-refractivity contribution is 14.1. The molecule has 1 heterocycles. The summed E-state index contributed by atoms with van der Waals surface area (Å²) in [7, 11) is 0. The molecule has 2 aromatic rings. The van der Waals surface area contributed by atoms with Crippen LogP contribution in [0.3, 0.4) is 0 Å². The van der Waals surface area contributed by atoms with Crippen LogP contribution in [0.15, 0.2) is 42.6 Å². The molecule has 0 fully saturated rings. The third-order valence-corrected chi connectivity index (χ3v) is 2.74. The molecule has 0 saturated heterocycles. The van der Waals surface area contributed by atoms with E-state index < -0.39 is 5.95 Å². The average molecular weight is 329 g/mol. The predicted octanol–water partition coefficient (Wildman–Crippen LogP) is 3.40. The van der Waals surface area contributed by atoms with Crippen LogP contribution in [-0.4, -0.2) is 4.98 Å². The Labute approximate surface area is 107 Å². The van der Waals surface area contributed by atoms with E-state index in [0.717, 1.165) is 5.56 Å². The monoisotopic (exact) mass is 329 g/mol. The van der Waals surface area contributed by atoms with Gasteiger partial charge >= 0.3 is 0 Å². The lowest BCUT2D eigenvalue weighted by atomic mass is 10.2. The van der Waals surface area contributed by atoms with E-state index in [0.29, 0.717) is 12.4 Å². The van der Waals surface area contributed by atoms with Gasteiger partial charge in [-0.15, -0.1) is 0 Å². The summed E-state index contributed by atoms with van der Waals surface area (Å²) in [6.07, 6.45) is 1.38. The van der Waals surface area contributed by atoms with E-state index in [1.165, 1.54) is 15.8 Å². The molecule has 82 valence electrons. The molecule has 0 N–H and O–H groups in total. The molecule has 1 aromatic carbocycles. The third-order valence-electron chi connectivity index (χ3n) is 2.02. The molecule has 0 saturated carbocycles. The van der Waals surface area contributed by atoms with E-state index in [9.17, 15) is 4.39 Å². The zero-order chi connectivity index (χ0) is 11.4. The molecule has 0 aliphatic rings. The number of halogens is 2. The van der Waals surface area contributed by atoms with Crippen molar-refractivity contribution in [3.63, 3.8) is 0 Å². The number of ether oxygens (including phenoxy) is 1. The topological polar surface area (TPSA) is 22.1 Å². The second-order valence-electron chi connectivity index (χ2n) is 3.23. The molecular weight excluding hydrogens is 320 g/mol. The summed E-state index contributed by atoms with van der Waals surface area (Å²) in [4.78, 5) is 3.51. The lowest BCUT2D eigenvalue weighted by Crippen LogP contribution is -1.96. The Morgan fingerprint density at radius 1 is 1.12 bits per heavy atom. The van der Waals surface area contributed by atoms with Gasteiger partial charge in [-0.2, -0.15) is 4.39 Å². The summed E-state index contributed by atoms with van der Waals surface area (Å²) in [5, 5.41) is 0. The molecule has 0 aliphatic heterocycles. The van der Waals surface area contributed by atoms with Crippen LogP contribution in [0, 0.1) is 9.52 Å². The van der Waals surface area contributed by atoms with Crippen molar-refractivity contribution in [2.75, 3.05) is 0 Å². The van der Waals surface area contributed by atoms with Gasteiger partial charge in [-0.1, -0.05) is 12.1 Å². The van der Waals surface area contributed by atoms with E-state index in [2.05, 4.69) is 27.6 Å². The molecule has 0 atom stereocenters. The Morgan fingerprint density at radius 2 is 1.88 bits per heavy atom. The Bertz CT molecular complexity index is 410. The van der Waals surface area contributed by atoms with Crippen LogP contribution >= 0.6 is 22.6 Å². The molecule has 16 heavy (non-hydrogen) atoms. The average Bonchev–Trinajstić information content (AvgIpc) is 2.30. The van der Waals surface area contributed by atoms with Gasteiger partial charge in [-0.3, -0.25) is 0 Å². The van der Waals surface area contributed by atoms with Crippen LogP contribution < -0.4 is 4.74 Å². The molecule has 0 amide bonds. The maximum atomic E-state index is 12.5. The van der Waals surface area contributed by atoms with Crippen molar-refractivity contribution in [3.05, 3.63) is 57.7 Å². The lowest BCUT2D eigenvalue weighted by Gasteiger charge is -2.05. The van der Waals surface area contributed by atoms with E-state index in [-0.39, 0.29) is 0 Å². The van der Waals surface area contributed by atoms with Crippen molar-refractivity contribution < 1.29 is 9.13 Å². The molecule has 0 aliphatic carbocycles. The first-order chi connectivity index (χ1) is 7.74.